The van der Waals surface area contributed by atoms with Crippen LogP contribution in [0.25, 0.3) is 0 Å². The average molecular weight is 781 g/mol. The number of rotatable bonds is 12. The van der Waals surface area contributed by atoms with Crippen molar-refractivity contribution in [2.24, 2.45) is 11.8 Å². The van der Waals surface area contributed by atoms with E-state index in [1.54, 1.807) is 0 Å². The minimum Gasteiger partial charge on any atom is -0.334 e. The first-order chi connectivity index (χ1) is 29.6. The molecule has 0 spiro atoms. The molecular formula is C56H52N4. The number of benzene rings is 6. The second kappa shape index (κ2) is 17.8. The molecule has 3 aliphatic carbocycles. The minimum atomic E-state index is 0.0926. The van der Waals surface area contributed by atoms with Crippen LogP contribution in [0.3, 0.4) is 0 Å². The number of nitrogens with zero attached hydrogens (tertiary/aromatic N) is 4. The van der Waals surface area contributed by atoms with Crippen molar-refractivity contribution in [2.45, 2.75) is 38.8 Å². The van der Waals surface area contributed by atoms with Gasteiger partial charge in [0.05, 0.1) is 12.1 Å². The third-order valence-electron chi connectivity index (χ3n) is 11.7. The van der Waals surface area contributed by atoms with Gasteiger partial charge in [-0.2, -0.15) is 0 Å². The summed E-state index contributed by atoms with van der Waals surface area (Å²) in [6, 6.07) is 61.3. The summed E-state index contributed by atoms with van der Waals surface area (Å²) in [6.07, 6.45) is 24.9. The van der Waals surface area contributed by atoms with E-state index < -0.39 is 0 Å². The highest BCUT2D eigenvalue weighted by Crippen LogP contribution is 2.40. The SMILES string of the molecule is CC1C=CC(N(C2=CCC(N(c3ccc(N(c4ccccc4)c4ccccc4)cc3)c3ccc(N(c4ccccc4)C4C=CC=CC4C)cc3)C=C2)c2ccccc2)=CC1. The van der Waals surface area contributed by atoms with Gasteiger partial charge in [0.2, 0.25) is 0 Å². The molecule has 4 atom stereocenters. The molecule has 0 saturated heterocycles. The maximum absolute atomic E-state index is 2.50. The zero-order valence-electron chi connectivity index (χ0n) is 34.5. The molecule has 0 radical (unpaired) electrons. The van der Waals surface area contributed by atoms with Gasteiger partial charge in [0, 0.05) is 56.9 Å². The molecule has 0 saturated carbocycles. The highest BCUT2D eigenvalue weighted by molar-refractivity contribution is 5.79. The standard InChI is InChI=1S/C56H52N4/c1-43-27-29-49(30-28-43)58(47-22-11-5-12-23-47)51-33-37-53(38-34-51)59(52-35-31-50(32-36-52)57(45-18-7-3-8-19-45)46-20-9-4-10-21-46)54-39-41-55(42-40-54)60(48-24-13-6-14-25-48)56-26-16-15-17-44(56)2/h3-27,29-37,39-44,53,56H,28,38H2,1-2H3. The lowest BCUT2D eigenvalue weighted by Gasteiger charge is -2.37. The number of hydrogen-bond acceptors (Lipinski definition) is 4. The second-order valence-corrected chi connectivity index (χ2v) is 15.9. The Morgan fingerprint density at radius 3 is 1.23 bits per heavy atom. The fourth-order valence-electron chi connectivity index (χ4n) is 8.64. The Morgan fingerprint density at radius 2 is 0.767 bits per heavy atom. The summed E-state index contributed by atoms with van der Waals surface area (Å²) in [5.41, 5.74) is 11.6. The van der Waals surface area contributed by atoms with Crippen LogP contribution >= 0.6 is 0 Å². The Labute approximate surface area is 356 Å². The van der Waals surface area contributed by atoms with Crippen molar-refractivity contribution in [3.63, 3.8) is 0 Å². The first-order valence-corrected chi connectivity index (χ1v) is 21.3. The predicted octanol–water partition coefficient (Wildman–Crippen LogP) is 14.8. The summed E-state index contributed by atoms with van der Waals surface area (Å²) in [5.74, 6) is 0.910. The van der Waals surface area contributed by atoms with Crippen molar-refractivity contribution in [2.75, 3.05) is 19.6 Å². The Morgan fingerprint density at radius 1 is 0.367 bits per heavy atom. The van der Waals surface area contributed by atoms with Crippen LogP contribution in [0.2, 0.25) is 0 Å². The third-order valence-corrected chi connectivity index (χ3v) is 11.7. The molecule has 6 aromatic rings. The van der Waals surface area contributed by atoms with E-state index in [0.29, 0.717) is 11.8 Å². The Balaban J connectivity index is 1.08. The molecule has 4 unspecified atom stereocenters. The van der Waals surface area contributed by atoms with Gasteiger partial charge in [-0.3, -0.25) is 0 Å². The Hall–Kier alpha value is -7.04. The van der Waals surface area contributed by atoms with Gasteiger partial charge in [-0.05, 0) is 134 Å². The van der Waals surface area contributed by atoms with E-state index in [-0.39, 0.29) is 12.1 Å². The van der Waals surface area contributed by atoms with E-state index >= 15 is 0 Å². The van der Waals surface area contributed by atoms with Gasteiger partial charge in [-0.25, -0.2) is 0 Å². The van der Waals surface area contributed by atoms with Crippen LogP contribution in [0.4, 0.5) is 45.5 Å². The van der Waals surface area contributed by atoms with Crippen LogP contribution in [-0.4, -0.2) is 12.1 Å². The van der Waals surface area contributed by atoms with Crippen LogP contribution < -0.4 is 19.6 Å². The number of allylic oxidation sites excluding steroid dienone is 6. The molecule has 0 aromatic heterocycles. The summed E-state index contributed by atoms with van der Waals surface area (Å²) in [7, 11) is 0. The number of para-hydroxylation sites is 4. The van der Waals surface area contributed by atoms with Crippen LogP contribution in [0, 0.1) is 11.8 Å². The summed E-state index contributed by atoms with van der Waals surface area (Å²) < 4.78 is 0. The summed E-state index contributed by atoms with van der Waals surface area (Å²) in [6.45, 7) is 4.58. The topological polar surface area (TPSA) is 13.0 Å². The maximum Gasteiger partial charge on any atom is 0.0585 e. The zero-order chi connectivity index (χ0) is 40.7. The molecule has 0 amide bonds. The molecule has 4 heteroatoms. The minimum absolute atomic E-state index is 0.0926. The summed E-state index contributed by atoms with van der Waals surface area (Å²) in [5, 5.41) is 0. The van der Waals surface area contributed by atoms with Crippen molar-refractivity contribution in [1.82, 2.24) is 0 Å². The largest absolute Gasteiger partial charge is 0.334 e. The van der Waals surface area contributed by atoms with Crippen LogP contribution in [0.5, 0.6) is 0 Å². The van der Waals surface area contributed by atoms with Crippen molar-refractivity contribution in [3.05, 3.63) is 242 Å². The molecular weight excluding hydrogens is 729 g/mol. The lowest BCUT2D eigenvalue weighted by molar-refractivity contribution is 0.609. The van der Waals surface area contributed by atoms with Gasteiger partial charge in [-0.15, -0.1) is 0 Å². The molecule has 0 fully saturated rings. The average Bonchev–Trinajstić information content (AvgIpc) is 3.31. The van der Waals surface area contributed by atoms with Crippen molar-refractivity contribution < 1.29 is 0 Å². The smallest absolute Gasteiger partial charge is 0.0585 e. The lowest BCUT2D eigenvalue weighted by Crippen LogP contribution is -2.35. The number of anilines is 8. The third kappa shape index (κ3) is 8.28. The van der Waals surface area contributed by atoms with Crippen molar-refractivity contribution in [3.8, 4) is 0 Å². The fourth-order valence-corrected chi connectivity index (χ4v) is 8.64. The molecule has 0 aliphatic heterocycles. The molecule has 0 N–H and O–H groups in total. The van der Waals surface area contributed by atoms with E-state index in [9.17, 15) is 0 Å². The fraction of sp³-hybridized carbons (Fsp3) is 0.143. The van der Waals surface area contributed by atoms with Gasteiger partial charge in [-0.1, -0.05) is 135 Å². The summed E-state index contributed by atoms with van der Waals surface area (Å²) in [4.78, 5) is 9.69. The van der Waals surface area contributed by atoms with Gasteiger partial charge in [0.25, 0.3) is 0 Å². The van der Waals surface area contributed by atoms with E-state index in [1.165, 1.54) is 28.5 Å². The second-order valence-electron chi connectivity index (χ2n) is 15.9. The molecule has 296 valence electrons. The molecule has 4 nitrogen and oxygen atoms in total. The maximum atomic E-state index is 2.50. The van der Waals surface area contributed by atoms with Gasteiger partial charge < -0.3 is 19.6 Å². The van der Waals surface area contributed by atoms with E-state index in [2.05, 4.69) is 264 Å². The quantitative estimate of drug-likeness (QED) is 0.123. The van der Waals surface area contributed by atoms with E-state index in [0.717, 1.165) is 41.3 Å². The van der Waals surface area contributed by atoms with Crippen LogP contribution in [0.15, 0.2) is 242 Å². The first kappa shape index (κ1) is 38.5. The van der Waals surface area contributed by atoms with Crippen molar-refractivity contribution in [1.29, 1.82) is 0 Å². The molecule has 60 heavy (non-hydrogen) atoms. The van der Waals surface area contributed by atoms with Crippen molar-refractivity contribution >= 4 is 45.5 Å². The van der Waals surface area contributed by atoms with E-state index in [4.69, 9.17) is 0 Å². The predicted molar refractivity (Wildman–Crippen MR) is 255 cm³/mol. The molecule has 0 heterocycles. The Bertz CT molecular complexity index is 2480. The lowest BCUT2D eigenvalue weighted by atomic mass is 9.94. The van der Waals surface area contributed by atoms with Crippen LogP contribution in [-0.2, 0) is 0 Å². The molecule has 6 aromatic carbocycles. The number of hydrogen-bond donors (Lipinski definition) is 0. The van der Waals surface area contributed by atoms with Gasteiger partial charge in [0.1, 0.15) is 0 Å². The zero-order valence-corrected chi connectivity index (χ0v) is 34.5. The Kier molecular flexibility index (Phi) is 11.4. The van der Waals surface area contributed by atoms with Gasteiger partial charge >= 0.3 is 0 Å². The normalized spacial score (nSPS) is 19.3. The molecule has 9 rings (SSSR count). The first-order valence-electron chi connectivity index (χ1n) is 21.3. The summed E-state index contributed by atoms with van der Waals surface area (Å²) >= 11 is 0. The van der Waals surface area contributed by atoms with Crippen LogP contribution in [0.1, 0.15) is 26.7 Å². The van der Waals surface area contributed by atoms with E-state index in [1.807, 2.05) is 0 Å². The molecule has 0 bridgehead atoms. The monoisotopic (exact) mass is 780 g/mol. The highest BCUT2D eigenvalue weighted by Gasteiger charge is 2.27. The highest BCUT2D eigenvalue weighted by atomic mass is 15.2. The molecule has 3 aliphatic rings. The van der Waals surface area contributed by atoms with Gasteiger partial charge in [0.15, 0.2) is 0 Å².